The number of benzene rings is 2. The van der Waals surface area contributed by atoms with Crippen molar-refractivity contribution in [3.63, 3.8) is 0 Å². The summed E-state index contributed by atoms with van der Waals surface area (Å²) in [5.74, 6) is 1.53. The fourth-order valence-electron chi connectivity index (χ4n) is 2.45. The molecule has 3 rings (SSSR count). The number of aromatic nitrogens is 1. The standard InChI is InChI=1S/C21H17N5O4.2ClH.Ni.2H2O/c1-29-18-8-6-14(12-27)10-16(18)23-25-20-4-3-5-21(22-20)26-24-17-11-15(13-28)7-9-19(17)30-2;;;;;/h3-13H,1-2H3;2*1H;;2*1H2/q;;;+2;;/p-2. The molecular formula is C21H21Cl2N5NiO6. The minimum Gasteiger partial charge on any atom is -1.00 e. The number of rotatable bonds is 8. The molecule has 0 aliphatic carbocycles. The van der Waals surface area contributed by atoms with E-state index in [1.807, 2.05) is 0 Å². The van der Waals surface area contributed by atoms with E-state index in [1.54, 1.807) is 54.6 Å². The van der Waals surface area contributed by atoms with E-state index in [0.29, 0.717) is 58.2 Å². The van der Waals surface area contributed by atoms with Gasteiger partial charge in [0.25, 0.3) is 0 Å². The number of hydrogen-bond acceptors (Lipinski definition) is 9. The van der Waals surface area contributed by atoms with E-state index in [2.05, 4.69) is 25.4 Å². The summed E-state index contributed by atoms with van der Waals surface area (Å²) in [4.78, 5) is 26.2. The Hall–Kier alpha value is -3.28. The predicted octanol–water partition coefficient (Wildman–Crippen LogP) is -2.09. The quantitative estimate of drug-likeness (QED) is 0.171. The first-order valence-corrected chi connectivity index (χ1v) is 8.74. The second kappa shape index (κ2) is 18.1. The number of azo groups is 2. The van der Waals surface area contributed by atoms with Crippen molar-refractivity contribution in [1.82, 2.24) is 4.98 Å². The number of methoxy groups -OCH3 is 2. The molecule has 0 bridgehead atoms. The van der Waals surface area contributed by atoms with Crippen molar-refractivity contribution in [3.05, 3.63) is 65.7 Å². The molecule has 0 unspecified atom stereocenters. The number of pyridine rings is 1. The molecule has 35 heavy (non-hydrogen) atoms. The third-order valence-electron chi connectivity index (χ3n) is 3.92. The SMILES string of the molecule is COc1ccc(C=O)cc1N=Nc1cccc(N=Nc2cc(C=O)ccc2OC)n1.O.O.[Cl-].[Cl-].[Ni+2]. The molecule has 0 atom stereocenters. The fourth-order valence-corrected chi connectivity index (χ4v) is 2.45. The smallest absolute Gasteiger partial charge is 1.00 e. The maximum absolute atomic E-state index is 11.0. The Kier molecular flexibility index (Phi) is 18.8. The van der Waals surface area contributed by atoms with E-state index in [9.17, 15) is 9.59 Å². The molecule has 0 aliphatic rings. The van der Waals surface area contributed by atoms with Gasteiger partial charge in [-0.05, 0) is 48.5 Å². The summed E-state index contributed by atoms with van der Waals surface area (Å²) in [5.41, 5.74) is 1.69. The van der Waals surface area contributed by atoms with Gasteiger partial charge >= 0.3 is 16.5 Å². The zero-order chi connectivity index (χ0) is 21.3. The molecule has 2 aromatic carbocycles. The van der Waals surface area contributed by atoms with Crippen molar-refractivity contribution in [1.29, 1.82) is 0 Å². The Labute approximate surface area is 223 Å². The number of aldehydes is 2. The van der Waals surface area contributed by atoms with Gasteiger partial charge in [0.05, 0.1) is 14.2 Å². The van der Waals surface area contributed by atoms with Crippen molar-refractivity contribution in [2.75, 3.05) is 14.2 Å². The topological polar surface area (TPSA) is 178 Å². The van der Waals surface area contributed by atoms with Gasteiger partial charge in [-0.3, -0.25) is 9.59 Å². The first-order chi connectivity index (χ1) is 14.7. The van der Waals surface area contributed by atoms with Crippen molar-refractivity contribution in [2.24, 2.45) is 20.5 Å². The first-order valence-electron chi connectivity index (χ1n) is 8.74. The summed E-state index contributed by atoms with van der Waals surface area (Å²) in [6.07, 6.45) is 1.43. The molecule has 0 saturated carbocycles. The van der Waals surface area contributed by atoms with Crippen molar-refractivity contribution >= 4 is 35.6 Å². The van der Waals surface area contributed by atoms with Crippen LogP contribution in [0.25, 0.3) is 0 Å². The molecule has 0 fully saturated rings. The third-order valence-corrected chi connectivity index (χ3v) is 3.92. The zero-order valence-electron chi connectivity index (χ0n) is 18.3. The van der Waals surface area contributed by atoms with E-state index in [4.69, 9.17) is 9.47 Å². The van der Waals surface area contributed by atoms with Crippen LogP contribution in [0.4, 0.5) is 23.0 Å². The largest absolute Gasteiger partial charge is 2.00 e. The van der Waals surface area contributed by atoms with Crippen LogP contribution >= 0.6 is 0 Å². The van der Waals surface area contributed by atoms with Gasteiger partial charge in [0.15, 0.2) is 11.6 Å². The third kappa shape index (κ3) is 9.85. The van der Waals surface area contributed by atoms with Gasteiger partial charge < -0.3 is 45.2 Å². The van der Waals surface area contributed by atoms with Crippen molar-refractivity contribution in [3.8, 4) is 11.5 Å². The van der Waals surface area contributed by atoms with Gasteiger partial charge in [0.2, 0.25) is 0 Å². The molecule has 0 saturated heterocycles. The van der Waals surface area contributed by atoms with Crippen molar-refractivity contribution in [2.45, 2.75) is 0 Å². The molecule has 190 valence electrons. The average molecular weight is 569 g/mol. The van der Waals surface area contributed by atoms with E-state index >= 15 is 0 Å². The van der Waals surface area contributed by atoms with E-state index in [-0.39, 0.29) is 52.3 Å². The van der Waals surface area contributed by atoms with Crippen LogP contribution < -0.4 is 34.3 Å². The molecule has 0 aliphatic heterocycles. The van der Waals surface area contributed by atoms with Crippen LogP contribution in [0.15, 0.2) is 75.1 Å². The van der Waals surface area contributed by atoms with E-state index < -0.39 is 0 Å². The summed E-state index contributed by atoms with van der Waals surface area (Å²) < 4.78 is 10.4. The fraction of sp³-hybridized carbons (Fsp3) is 0.0952. The number of halogens is 2. The Morgan fingerprint density at radius 3 is 1.43 bits per heavy atom. The summed E-state index contributed by atoms with van der Waals surface area (Å²) in [5, 5.41) is 16.4. The van der Waals surface area contributed by atoms with E-state index in [1.165, 1.54) is 14.2 Å². The Morgan fingerprint density at radius 1 is 0.686 bits per heavy atom. The van der Waals surface area contributed by atoms with Gasteiger partial charge in [-0.15, -0.1) is 20.5 Å². The molecule has 1 heterocycles. The molecule has 0 spiro atoms. The Morgan fingerprint density at radius 2 is 1.09 bits per heavy atom. The summed E-state index contributed by atoms with van der Waals surface area (Å²) in [6, 6.07) is 14.6. The number of nitrogens with zero attached hydrogens (tertiary/aromatic N) is 5. The van der Waals surface area contributed by atoms with Gasteiger partial charge in [-0.2, -0.15) is 0 Å². The number of ether oxygens (including phenoxy) is 2. The average Bonchev–Trinajstić information content (AvgIpc) is 2.81. The second-order valence-electron chi connectivity index (χ2n) is 5.85. The molecule has 0 radical (unpaired) electrons. The number of carbonyl (C=O) groups is 2. The van der Waals surface area contributed by atoms with Gasteiger partial charge in [0, 0.05) is 11.1 Å². The Bertz CT molecular complexity index is 1070. The number of hydrogen-bond donors (Lipinski definition) is 0. The second-order valence-corrected chi connectivity index (χ2v) is 5.85. The summed E-state index contributed by atoms with van der Waals surface area (Å²) in [6.45, 7) is 0. The van der Waals surface area contributed by atoms with Crippen LogP contribution in [-0.2, 0) is 16.5 Å². The molecule has 3 aromatic rings. The maximum atomic E-state index is 11.0. The summed E-state index contributed by atoms with van der Waals surface area (Å²) in [7, 11) is 3.00. The summed E-state index contributed by atoms with van der Waals surface area (Å²) >= 11 is 0. The van der Waals surface area contributed by atoms with Crippen LogP contribution in [0.5, 0.6) is 11.5 Å². The van der Waals surface area contributed by atoms with E-state index in [0.717, 1.165) is 0 Å². The minimum atomic E-state index is 0. The minimum absolute atomic E-state index is 0. The zero-order valence-corrected chi connectivity index (χ0v) is 20.8. The van der Waals surface area contributed by atoms with Crippen molar-refractivity contribution < 1.29 is 71.3 Å². The van der Waals surface area contributed by atoms with Gasteiger partial charge in [-0.25, -0.2) is 4.98 Å². The Balaban J connectivity index is -0.00000205. The first kappa shape index (κ1) is 36.3. The maximum Gasteiger partial charge on any atom is 2.00 e. The van der Waals surface area contributed by atoms with Crippen LogP contribution in [0.1, 0.15) is 20.7 Å². The normalized spacial score (nSPS) is 9.43. The number of carbonyl (C=O) groups excluding carboxylic acids is 2. The van der Waals surface area contributed by atoms with Gasteiger partial charge in [-0.1, -0.05) is 6.07 Å². The monoisotopic (exact) mass is 567 g/mol. The van der Waals surface area contributed by atoms with Crippen LogP contribution in [0.2, 0.25) is 0 Å². The molecule has 4 N–H and O–H groups in total. The molecule has 14 heteroatoms. The van der Waals surface area contributed by atoms with Crippen LogP contribution in [0.3, 0.4) is 0 Å². The molecular weight excluding hydrogens is 548 g/mol. The molecule has 1 aromatic heterocycles. The molecule has 0 amide bonds. The predicted molar refractivity (Wildman–Crippen MR) is 117 cm³/mol. The molecule has 11 nitrogen and oxygen atoms in total. The van der Waals surface area contributed by atoms with Crippen LogP contribution in [-0.4, -0.2) is 42.7 Å². The van der Waals surface area contributed by atoms with Gasteiger partial charge in [0.1, 0.15) is 35.4 Å². The van der Waals surface area contributed by atoms with Crippen LogP contribution in [0, 0.1) is 0 Å².